The number of aromatic nitrogens is 1. The zero-order chi connectivity index (χ0) is 22.5. The highest BCUT2D eigenvalue weighted by Crippen LogP contribution is 2.34. The molecule has 1 aromatic carbocycles. The molecule has 2 aliphatic heterocycles. The molecular formula is C27H36N4O2. The third kappa shape index (κ3) is 5.14. The highest BCUT2D eigenvalue weighted by molar-refractivity contribution is 5.58. The van der Waals surface area contributed by atoms with Crippen LogP contribution >= 0.6 is 0 Å². The molecule has 1 fully saturated rings. The average molecular weight is 449 g/mol. The van der Waals surface area contributed by atoms with Crippen molar-refractivity contribution in [1.29, 1.82) is 0 Å². The molecule has 1 aromatic heterocycles. The first-order chi connectivity index (χ1) is 16.3. The lowest BCUT2D eigenvalue weighted by Gasteiger charge is -2.39. The number of anilines is 1. The molecule has 0 spiro atoms. The van der Waals surface area contributed by atoms with Crippen LogP contribution < -0.4 is 10.2 Å². The first-order valence-electron chi connectivity index (χ1n) is 12.4. The van der Waals surface area contributed by atoms with E-state index in [4.69, 9.17) is 9.72 Å². The van der Waals surface area contributed by atoms with Gasteiger partial charge in [0.15, 0.2) is 0 Å². The van der Waals surface area contributed by atoms with Crippen LogP contribution in [0.5, 0.6) is 0 Å². The van der Waals surface area contributed by atoms with Gasteiger partial charge in [0.2, 0.25) is 0 Å². The second-order valence-electron chi connectivity index (χ2n) is 9.36. The fourth-order valence-corrected chi connectivity index (χ4v) is 5.66. The van der Waals surface area contributed by atoms with E-state index in [1.165, 1.54) is 34.5 Å². The molecule has 5 rings (SSSR count). The van der Waals surface area contributed by atoms with Gasteiger partial charge in [0.05, 0.1) is 31.6 Å². The molecule has 0 radical (unpaired) electrons. The maximum atomic E-state index is 9.29. The van der Waals surface area contributed by atoms with E-state index in [9.17, 15) is 5.11 Å². The normalized spacial score (nSPS) is 23.0. The van der Waals surface area contributed by atoms with E-state index in [1.807, 2.05) is 12.3 Å². The SMILES string of the molecule is OC/C=C/CN(C[C@H]1Cc2c(cccc2N2CCOCC2)CN1)[C@H]1CCCc2cccnc21. The summed E-state index contributed by atoms with van der Waals surface area (Å²) in [4.78, 5) is 9.86. The molecule has 2 aromatic rings. The van der Waals surface area contributed by atoms with E-state index < -0.39 is 0 Å². The quantitative estimate of drug-likeness (QED) is 0.636. The summed E-state index contributed by atoms with van der Waals surface area (Å²) in [7, 11) is 0. The number of benzene rings is 1. The van der Waals surface area contributed by atoms with Crippen LogP contribution in [0.15, 0.2) is 48.7 Å². The van der Waals surface area contributed by atoms with Crippen LogP contribution in [0.3, 0.4) is 0 Å². The van der Waals surface area contributed by atoms with Gasteiger partial charge < -0.3 is 20.1 Å². The average Bonchev–Trinajstić information content (AvgIpc) is 2.88. The Hall–Kier alpha value is -2.25. The molecule has 3 aliphatic rings. The van der Waals surface area contributed by atoms with E-state index in [1.54, 1.807) is 0 Å². The summed E-state index contributed by atoms with van der Waals surface area (Å²) >= 11 is 0. The second kappa shape index (κ2) is 10.8. The molecule has 6 heteroatoms. The zero-order valence-corrected chi connectivity index (χ0v) is 19.5. The maximum absolute atomic E-state index is 9.29. The van der Waals surface area contributed by atoms with E-state index in [-0.39, 0.29) is 6.61 Å². The lowest BCUT2D eigenvalue weighted by molar-refractivity contribution is 0.122. The Bertz CT molecular complexity index is 957. The highest BCUT2D eigenvalue weighted by Gasteiger charge is 2.30. The van der Waals surface area contributed by atoms with E-state index in [0.29, 0.717) is 12.1 Å². The van der Waals surface area contributed by atoms with E-state index in [0.717, 1.165) is 65.2 Å². The number of pyridine rings is 1. The summed E-state index contributed by atoms with van der Waals surface area (Å²) in [5.41, 5.74) is 6.94. The van der Waals surface area contributed by atoms with Crippen molar-refractivity contribution in [2.45, 2.75) is 44.3 Å². The number of nitrogens with one attached hydrogen (secondary N) is 1. The van der Waals surface area contributed by atoms with Gasteiger partial charge in [-0.25, -0.2) is 0 Å². The van der Waals surface area contributed by atoms with Gasteiger partial charge in [-0.15, -0.1) is 0 Å². The molecule has 3 heterocycles. The summed E-state index contributed by atoms with van der Waals surface area (Å²) in [6.45, 7) is 6.36. The maximum Gasteiger partial charge on any atom is 0.0642 e. The van der Waals surface area contributed by atoms with Crippen LogP contribution in [0.2, 0.25) is 0 Å². The molecular weight excluding hydrogens is 412 g/mol. The lowest BCUT2D eigenvalue weighted by Crippen LogP contribution is -2.47. The largest absolute Gasteiger partial charge is 0.392 e. The van der Waals surface area contributed by atoms with Crippen LogP contribution in [0.4, 0.5) is 5.69 Å². The molecule has 2 N–H and O–H groups in total. The molecule has 6 nitrogen and oxygen atoms in total. The number of rotatable bonds is 7. The van der Waals surface area contributed by atoms with Crippen LogP contribution in [0.25, 0.3) is 0 Å². The monoisotopic (exact) mass is 448 g/mol. The Labute approximate surface area is 197 Å². The Balaban J connectivity index is 1.36. The zero-order valence-electron chi connectivity index (χ0n) is 19.5. The van der Waals surface area contributed by atoms with Crippen molar-refractivity contribution in [2.24, 2.45) is 0 Å². The Morgan fingerprint density at radius 1 is 1.15 bits per heavy atom. The third-order valence-corrected chi connectivity index (χ3v) is 7.30. The molecule has 0 amide bonds. The summed E-state index contributed by atoms with van der Waals surface area (Å²) in [5, 5.41) is 13.1. The molecule has 0 bridgehead atoms. The van der Waals surface area contributed by atoms with Gasteiger partial charge in [0, 0.05) is 50.6 Å². The van der Waals surface area contributed by atoms with Crippen LogP contribution in [-0.4, -0.2) is 67.0 Å². The first kappa shape index (κ1) is 22.5. The van der Waals surface area contributed by atoms with Crippen molar-refractivity contribution in [3.05, 3.63) is 71.1 Å². The van der Waals surface area contributed by atoms with Crippen molar-refractivity contribution in [3.8, 4) is 0 Å². The van der Waals surface area contributed by atoms with Crippen LogP contribution in [0, 0.1) is 0 Å². The van der Waals surface area contributed by atoms with E-state index >= 15 is 0 Å². The number of ether oxygens (including phenoxy) is 1. The van der Waals surface area contributed by atoms with Crippen molar-refractivity contribution < 1.29 is 9.84 Å². The molecule has 1 saturated heterocycles. The first-order valence-corrected chi connectivity index (χ1v) is 12.4. The lowest BCUT2D eigenvalue weighted by atomic mass is 9.89. The predicted octanol–water partition coefficient (Wildman–Crippen LogP) is 2.86. The number of aliphatic hydroxyl groups is 1. The van der Waals surface area contributed by atoms with Crippen LogP contribution in [-0.2, 0) is 24.1 Å². The number of aryl methyl sites for hydroxylation is 1. The van der Waals surface area contributed by atoms with Crippen molar-refractivity contribution >= 4 is 5.69 Å². The fourth-order valence-electron chi connectivity index (χ4n) is 5.66. The number of morpholine rings is 1. The number of fused-ring (bicyclic) bond motifs is 2. The fraction of sp³-hybridized carbons (Fsp3) is 0.519. The minimum atomic E-state index is 0.0886. The third-order valence-electron chi connectivity index (χ3n) is 7.30. The van der Waals surface area contributed by atoms with Crippen molar-refractivity contribution in [3.63, 3.8) is 0 Å². The standard InChI is InChI=1S/C27H36N4O2/c32-15-2-1-12-31(26-10-3-6-21-8-5-11-28-27(21)26)20-23-18-24-22(19-29-23)7-4-9-25(24)30-13-16-33-17-14-30/h1-2,4-5,7-9,11,23,26,29,32H,3,6,10,12-20H2/b2-1+/t23-,26+/m1/s1. The summed E-state index contributed by atoms with van der Waals surface area (Å²) < 4.78 is 5.59. The van der Waals surface area contributed by atoms with Crippen molar-refractivity contribution in [1.82, 2.24) is 15.2 Å². The van der Waals surface area contributed by atoms with Gasteiger partial charge in [0.25, 0.3) is 0 Å². The van der Waals surface area contributed by atoms with Gasteiger partial charge in [-0.05, 0) is 54.5 Å². The molecule has 1 aliphatic carbocycles. The summed E-state index contributed by atoms with van der Waals surface area (Å²) in [5.74, 6) is 0. The van der Waals surface area contributed by atoms with Gasteiger partial charge in [-0.1, -0.05) is 30.4 Å². The Morgan fingerprint density at radius 2 is 2.03 bits per heavy atom. The number of hydrogen-bond acceptors (Lipinski definition) is 6. The topological polar surface area (TPSA) is 60.9 Å². The van der Waals surface area contributed by atoms with Gasteiger partial charge >= 0.3 is 0 Å². The smallest absolute Gasteiger partial charge is 0.0642 e. The second-order valence-corrected chi connectivity index (χ2v) is 9.36. The van der Waals surface area contributed by atoms with E-state index in [2.05, 4.69) is 51.5 Å². The van der Waals surface area contributed by atoms with Gasteiger partial charge in [-0.2, -0.15) is 0 Å². The molecule has 176 valence electrons. The Morgan fingerprint density at radius 3 is 2.91 bits per heavy atom. The Kier molecular flexibility index (Phi) is 7.37. The minimum absolute atomic E-state index is 0.0886. The molecule has 33 heavy (non-hydrogen) atoms. The van der Waals surface area contributed by atoms with Gasteiger partial charge in [0.1, 0.15) is 0 Å². The molecule has 0 saturated carbocycles. The van der Waals surface area contributed by atoms with Gasteiger partial charge in [-0.3, -0.25) is 9.88 Å². The van der Waals surface area contributed by atoms with Crippen LogP contribution in [0.1, 0.15) is 41.3 Å². The summed E-state index contributed by atoms with van der Waals surface area (Å²) in [6.07, 6.45) is 10.4. The minimum Gasteiger partial charge on any atom is -0.392 e. The highest BCUT2D eigenvalue weighted by atomic mass is 16.5. The number of nitrogens with zero attached hydrogens (tertiary/aromatic N) is 3. The van der Waals surface area contributed by atoms with Crippen molar-refractivity contribution in [2.75, 3.05) is 50.9 Å². The molecule has 0 unspecified atom stereocenters. The predicted molar refractivity (Wildman–Crippen MR) is 132 cm³/mol. The molecule has 2 atom stereocenters. The number of hydrogen-bond donors (Lipinski definition) is 2. The summed E-state index contributed by atoms with van der Waals surface area (Å²) in [6, 6.07) is 11.8. The number of aliphatic hydroxyl groups excluding tert-OH is 1.